The van der Waals surface area contributed by atoms with Crippen LogP contribution in [0.1, 0.15) is 12.0 Å². The molecule has 2 N–H and O–H groups in total. The first kappa shape index (κ1) is 9.43. The van der Waals surface area contributed by atoms with Crippen molar-refractivity contribution in [3.8, 4) is 5.88 Å². The van der Waals surface area contributed by atoms with Crippen molar-refractivity contribution >= 4 is 0 Å². The van der Waals surface area contributed by atoms with Crippen LogP contribution in [0.5, 0.6) is 5.88 Å². The van der Waals surface area contributed by atoms with Crippen LogP contribution in [-0.4, -0.2) is 24.3 Å². The maximum absolute atomic E-state index is 5.68. The van der Waals surface area contributed by atoms with Crippen molar-refractivity contribution < 1.29 is 9.47 Å². The smallest absolute Gasteiger partial charge is 0.218 e. The number of hydrogen-bond acceptors (Lipinski definition) is 4. The highest BCUT2D eigenvalue weighted by Gasteiger charge is 2.18. The summed E-state index contributed by atoms with van der Waals surface area (Å²) in [5.74, 6) is 0.644. The Morgan fingerprint density at radius 1 is 1.64 bits per heavy atom. The molecule has 2 rings (SSSR count). The first-order valence-corrected chi connectivity index (χ1v) is 4.78. The first-order valence-electron chi connectivity index (χ1n) is 4.78. The second-order valence-corrected chi connectivity index (χ2v) is 3.28. The van der Waals surface area contributed by atoms with Crippen molar-refractivity contribution in [3.63, 3.8) is 0 Å². The van der Waals surface area contributed by atoms with Gasteiger partial charge in [0.1, 0.15) is 6.10 Å². The zero-order chi connectivity index (χ0) is 9.80. The number of ether oxygens (including phenoxy) is 2. The first-order chi connectivity index (χ1) is 6.90. The van der Waals surface area contributed by atoms with Gasteiger partial charge in [-0.2, -0.15) is 0 Å². The fraction of sp³-hybridized carbons (Fsp3) is 0.500. The molecule has 0 amide bonds. The molecule has 14 heavy (non-hydrogen) atoms. The highest BCUT2D eigenvalue weighted by Crippen LogP contribution is 2.18. The molecule has 1 atom stereocenters. The Labute approximate surface area is 83.0 Å². The number of nitrogens with zero attached hydrogens (tertiary/aromatic N) is 1. The molecular weight excluding hydrogens is 180 g/mol. The molecular formula is C10H14N2O2. The normalized spacial score (nSPS) is 21.1. The van der Waals surface area contributed by atoms with Crippen LogP contribution in [0.3, 0.4) is 0 Å². The van der Waals surface area contributed by atoms with Gasteiger partial charge in [0.25, 0.3) is 0 Å². The van der Waals surface area contributed by atoms with Crippen LogP contribution >= 0.6 is 0 Å². The van der Waals surface area contributed by atoms with Gasteiger partial charge in [-0.3, -0.25) is 0 Å². The van der Waals surface area contributed by atoms with Gasteiger partial charge < -0.3 is 15.2 Å². The SMILES string of the molecule is NCc1cccnc1OC1CCOC1. The van der Waals surface area contributed by atoms with Gasteiger partial charge in [-0.1, -0.05) is 6.07 Å². The Morgan fingerprint density at radius 3 is 3.29 bits per heavy atom. The van der Waals surface area contributed by atoms with Crippen LogP contribution in [0.2, 0.25) is 0 Å². The summed E-state index contributed by atoms with van der Waals surface area (Å²) in [4.78, 5) is 4.16. The molecule has 1 aliphatic rings. The summed E-state index contributed by atoms with van der Waals surface area (Å²) in [6.45, 7) is 1.88. The minimum atomic E-state index is 0.134. The van der Waals surface area contributed by atoms with Crippen LogP contribution in [0.25, 0.3) is 0 Å². The topological polar surface area (TPSA) is 57.4 Å². The molecule has 0 spiro atoms. The van der Waals surface area contributed by atoms with Crippen molar-refractivity contribution in [3.05, 3.63) is 23.9 Å². The molecule has 4 heteroatoms. The number of aromatic nitrogens is 1. The largest absolute Gasteiger partial charge is 0.472 e. The third kappa shape index (κ3) is 2.02. The van der Waals surface area contributed by atoms with Crippen molar-refractivity contribution in [2.45, 2.75) is 19.1 Å². The lowest BCUT2D eigenvalue weighted by molar-refractivity contribution is 0.137. The number of nitrogens with two attached hydrogens (primary N) is 1. The summed E-state index contributed by atoms with van der Waals surface area (Å²) >= 11 is 0. The van der Waals surface area contributed by atoms with Crippen LogP contribution in [-0.2, 0) is 11.3 Å². The fourth-order valence-corrected chi connectivity index (χ4v) is 1.45. The summed E-state index contributed by atoms with van der Waals surface area (Å²) in [6.07, 6.45) is 2.78. The van der Waals surface area contributed by atoms with E-state index in [1.807, 2.05) is 12.1 Å². The summed E-state index contributed by atoms with van der Waals surface area (Å²) < 4.78 is 10.9. The molecule has 1 aromatic heterocycles. The van der Waals surface area contributed by atoms with E-state index < -0.39 is 0 Å². The lowest BCUT2D eigenvalue weighted by atomic mass is 10.2. The Balaban J connectivity index is 2.07. The molecule has 0 radical (unpaired) electrons. The second kappa shape index (κ2) is 4.39. The Hall–Kier alpha value is -1.13. The van der Waals surface area contributed by atoms with Crippen LogP contribution in [0.4, 0.5) is 0 Å². The standard InChI is InChI=1S/C10H14N2O2/c11-6-8-2-1-4-12-10(8)14-9-3-5-13-7-9/h1-2,4,9H,3,5-7,11H2. The van der Waals surface area contributed by atoms with Crippen molar-refractivity contribution in [2.24, 2.45) is 5.73 Å². The van der Waals surface area contributed by atoms with E-state index in [4.69, 9.17) is 15.2 Å². The van der Waals surface area contributed by atoms with E-state index in [0.29, 0.717) is 19.0 Å². The van der Waals surface area contributed by atoms with Gasteiger partial charge in [0, 0.05) is 24.7 Å². The molecule has 76 valence electrons. The molecule has 1 aliphatic heterocycles. The molecule has 0 saturated carbocycles. The Kier molecular flexibility index (Phi) is 2.96. The molecule has 1 saturated heterocycles. The lowest BCUT2D eigenvalue weighted by Crippen LogP contribution is -2.18. The van der Waals surface area contributed by atoms with E-state index in [0.717, 1.165) is 18.6 Å². The average molecular weight is 194 g/mol. The van der Waals surface area contributed by atoms with Gasteiger partial charge in [0.2, 0.25) is 5.88 Å². The molecule has 0 aromatic carbocycles. The number of rotatable bonds is 3. The Bertz CT molecular complexity index is 298. The summed E-state index contributed by atoms with van der Waals surface area (Å²) in [6, 6.07) is 3.79. The zero-order valence-corrected chi connectivity index (χ0v) is 7.98. The third-order valence-electron chi connectivity index (χ3n) is 2.24. The van der Waals surface area contributed by atoms with E-state index >= 15 is 0 Å². The maximum atomic E-state index is 5.68. The fourth-order valence-electron chi connectivity index (χ4n) is 1.45. The van der Waals surface area contributed by atoms with Crippen LogP contribution in [0.15, 0.2) is 18.3 Å². The average Bonchev–Trinajstić information content (AvgIpc) is 2.71. The van der Waals surface area contributed by atoms with E-state index in [1.54, 1.807) is 6.20 Å². The van der Waals surface area contributed by atoms with E-state index in [9.17, 15) is 0 Å². The summed E-state index contributed by atoms with van der Waals surface area (Å²) in [7, 11) is 0. The number of hydrogen-bond donors (Lipinski definition) is 1. The maximum Gasteiger partial charge on any atom is 0.218 e. The Morgan fingerprint density at radius 2 is 2.57 bits per heavy atom. The molecule has 1 fully saturated rings. The summed E-state index contributed by atoms with van der Waals surface area (Å²) in [5.41, 5.74) is 6.52. The molecule has 0 bridgehead atoms. The number of pyridine rings is 1. The molecule has 4 nitrogen and oxygen atoms in total. The molecule has 2 heterocycles. The molecule has 1 unspecified atom stereocenters. The van der Waals surface area contributed by atoms with Gasteiger partial charge in [0.05, 0.1) is 13.2 Å². The third-order valence-corrected chi connectivity index (χ3v) is 2.24. The quantitative estimate of drug-likeness (QED) is 0.769. The van der Waals surface area contributed by atoms with Crippen LogP contribution < -0.4 is 10.5 Å². The van der Waals surface area contributed by atoms with Crippen molar-refractivity contribution in [1.29, 1.82) is 0 Å². The minimum absolute atomic E-state index is 0.134. The van der Waals surface area contributed by atoms with Crippen molar-refractivity contribution in [1.82, 2.24) is 4.98 Å². The highest BCUT2D eigenvalue weighted by molar-refractivity contribution is 5.25. The minimum Gasteiger partial charge on any atom is -0.472 e. The van der Waals surface area contributed by atoms with Gasteiger partial charge in [0.15, 0.2) is 0 Å². The molecule has 0 aliphatic carbocycles. The van der Waals surface area contributed by atoms with E-state index in [1.165, 1.54) is 0 Å². The predicted octanol–water partition coefficient (Wildman–Crippen LogP) is 0.708. The van der Waals surface area contributed by atoms with Crippen LogP contribution in [0, 0.1) is 0 Å². The van der Waals surface area contributed by atoms with Gasteiger partial charge in [-0.05, 0) is 6.07 Å². The van der Waals surface area contributed by atoms with E-state index in [2.05, 4.69) is 4.98 Å². The highest BCUT2D eigenvalue weighted by atomic mass is 16.5. The monoisotopic (exact) mass is 194 g/mol. The summed E-state index contributed by atoms with van der Waals surface area (Å²) in [5, 5.41) is 0. The lowest BCUT2D eigenvalue weighted by Gasteiger charge is -2.12. The van der Waals surface area contributed by atoms with Gasteiger partial charge in [-0.15, -0.1) is 0 Å². The molecule has 1 aromatic rings. The van der Waals surface area contributed by atoms with E-state index in [-0.39, 0.29) is 6.10 Å². The van der Waals surface area contributed by atoms with Crippen molar-refractivity contribution in [2.75, 3.05) is 13.2 Å². The predicted molar refractivity (Wildman–Crippen MR) is 52.0 cm³/mol. The zero-order valence-electron chi connectivity index (χ0n) is 7.98. The van der Waals surface area contributed by atoms with Gasteiger partial charge in [-0.25, -0.2) is 4.98 Å². The second-order valence-electron chi connectivity index (χ2n) is 3.28. The van der Waals surface area contributed by atoms with Gasteiger partial charge >= 0.3 is 0 Å².